The van der Waals surface area contributed by atoms with Gasteiger partial charge in [0.25, 0.3) is 0 Å². The lowest BCUT2D eigenvalue weighted by Gasteiger charge is -2.23. The molecule has 0 bridgehead atoms. The van der Waals surface area contributed by atoms with Crippen LogP contribution in [0.15, 0.2) is 41.8 Å². The average molecular weight is 320 g/mol. The average Bonchev–Trinajstić information content (AvgIpc) is 2.99. The number of benzene rings is 1. The Bertz CT molecular complexity index is 596. The van der Waals surface area contributed by atoms with Gasteiger partial charge in [-0.25, -0.2) is 4.39 Å². The first-order valence-electron chi connectivity index (χ1n) is 7.26. The molecule has 5 heteroatoms. The van der Waals surface area contributed by atoms with Gasteiger partial charge < -0.3 is 5.32 Å². The molecule has 1 aromatic carbocycles. The van der Waals surface area contributed by atoms with E-state index in [1.165, 1.54) is 12.1 Å². The van der Waals surface area contributed by atoms with E-state index >= 15 is 0 Å². The summed E-state index contributed by atoms with van der Waals surface area (Å²) in [6.07, 6.45) is 0. The summed E-state index contributed by atoms with van der Waals surface area (Å²) in [6, 6.07) is 10.3. The molecule has 0 saturated carbocycles. The van der Waals surface area contributed by atoms with Crippen molar-refractivity contribution in [1.29, 1.82) is 0 Å². The molecule has 1 aromatic heterocycles. The monoisotopic (exact) mass is 320 g/mol. The Hall–Kier alpha value is -1.72. The first-order valence-corrected chi connectivity index (χ1v) is 8.14. The van der Waals surface area contributed by atoms with Crippen molar-refractivity contribution in [3.63, 3.8) is 0 Å². The van der Waals surface area contributed by atoms with Crippen LogP contribution in [0, 0.1) is 5.82 Å². The third-order valence-corrected chi connectivity index (χ3v) is 4.55. The molecule has 3 nitrogen and oxygen atoms in total. The highest BCUT2D eigenvalue weighted by Gasteiger charge is 2.19. The number of nitrogens with one attached hydrogen (secondary N) is 1. The Labute approximate surface area is 134 Å². The van der Waals surface area contributed by atoms with Crippen LogP contribution in [0.25, 0.3) is 0 Å². The van der Waals surface area contributed by atoms with Crippen LogP contribution in [0.3, 0.4) is 0 Å². The fourth-order valence-corrected chi connectivity index (χ4v) is 2.85. The molecule has 2 aromatic rings. The second-order valence-electron chi connectivity index (χ2n) is 5.58. The van der Waals surface area contributed by atoms with Gasteiger partial charge in [0, 0.05) is 10.9 Å². The molecule has 2 rings (SSSR count). The van der Waals surface area contributed by atoms with Gasteiger partial charge in [0.15, 0.2) is 0 Å². The summed E-state index contributed by atoms with van der Waals surface area (Å²) in [6.45, 7) is 4.43. The summed E-state index contributed by atoms with van der Waals surface area (Å²) in [5.74, 6) is -0.321. The van der Waals surface area contributed by atoms with Gasteiger partial charge in [-0.15, -0.1) is 11.3 Å². The molecule has 1 N–H and O–H groups in total. The van der Waals surface area contributed by atoms with Crippen LogP contribution in [-0.4, -0.2) is 30.4 Å². The zero-order valence-electron chi connectivity index (χ0n) is 13.0. The molecule has 22 heavy (non-hydrogen) atoms. The maximum Gasteiger partial charge on any atom is 0.234 e. The minimum absolute atomic E-state index is 0.0427. The number of carbonyl (C=O) groups is 1. The second-order valence-corrected chi connectivity index (χ2v) is 6.56. The molecule has 0 aliphatic carbocycles. The number of hydrogen-bond acceptors (Lipinski definition) is 3. The lowest BCUT2D eigenvalue weighted by molar-refractivity contribution is -0.122. The van der Waals surface area contributed by atoms with Crippen molar-refractivity contribution in [1.82, 2.24) is 10.2 Å². The van der Waals surface area contributed by atoms with Crippen LogP contribution >= 0.6 is 11.3 Å². The molecule has 0 fully saturated rings. The topological polar surface area (TPSA) is 32.3 Å². The van der Waals surface area contributed by atoms with Gasteiger partial charge in [-0.3, -0.25) is 9.69 Å². The number of nitrogens with zero attached hydrogens (tertiary/aromatic N) is 1. The predicted molar refractivity (Wildman–Crippen MR) is 88.5 cm³/mol. The molecule has 0 aliphatic heterocycles. The van der Waals surface area contributed by atoms with Crippen LogP contribution in [-0.2, 0) is 4.79 Å². The first kappa shape index (κ1) is 16.6. The molecule has 0 saturated heterocycles. The van der Waals surface area contributed by atoms with Crippen molar-refractivity contribution in [3.8, 4) is 0 Å². The smallest absolute Gasteiger partial charge is 0.234 e. The summed E-state index contributed by atoms with van der Waals surface area (Å²) in [7, 11) is 1.92. The Kier molecular flexibility index (Phi) is 5.69. The van der Waals surface area contributed by atoms with Gasteiger partial charge in [0.1, 0.15) is 5.82 Å². The number of thiophene rings is 1. The highest BCUT2D eigenvalue weighted by atomic mass is 32.1. The predicted octanol–water partition coefficient (Wildman–Crippen LogP) is 3.43. The lowest BCUT2D eigenvalue weighted by Crippen LogP contribution is -2.40. The minimum atomic E-state index is -0.278. The van der Waals surface area contributed by atoms with Gasteiger partial charge in [0.05, 0.1) is 12.6 Å². The van der Waals surface area contributed by atoms with Crippen molar-refractivity contribution in [2.75, 3.05) is 13.6 Å². The summed E-state index contributed by atoms with van der Waals surface area (Å²) < 4.78 is 13.1. The van der Waals surface area contributed by atoms with E-state index in [1.54, 1.807) is 23.5 Å². The molecule has 1 unspecified atom stereocenters. The maximum absolute atomic E-state index is 13.1. The van der Waals surface area contributed by atoms with Crippen molar-refractivity contribution in [3.05, 3.63) is 58.0 Å². The van der Waals surface area contributed by atoms with E-state index in [0.717, 1.165) is 10.4 Å². The Balaban J connectivity index is 2.16. The van der Waals surface area contributed by atoms with Gasteiger partial charge in [-0.05, 0) is 50.0 Å². The standard InChI is InChI=1S/C17H21FN2OS/c1-12(2)20(3)11-16(21)19-17(15-5-4-10-22-15)13-6-8-14(18)9-7-13/h4-10,12,17H,11H2,1-3H3,(H,19,21). The number of amides is 1. The maximum atomic E-state index is 13.1. The van der Waals surface area contributed by atoms with E-state index in [2.05, 4.69) is 5.32 Å². The van der Waals surface area contributed by atoms with E-state index in [1.807, 2.05) is 43.3 Å². The summed E-state index contributed by atoms with van der Waals surface area (Å²) >= 11 is 1.58. The van der Waals surface area contributed by atoms with Crippen molar-refractivity contribution in [2.24, 2.45) is 0 Å². The Morgan fingerprint density at radius 3 is 2.50 bits per heavy atom. The van der Waals surface area contributed by atoms with Crippen molar-refractivity contribution < 1.29 is 9.18 Å². The molecule has 118 valence electrons. The molecule has 0 radical (unpaired) electrons. The summed E-state index contributed by atoms with van der Waals surface area (Å²) in [4.78, 5) is 15.3. The van der Waals surface area contributed by atoms with Crippen LogP contribution in [0.4, 0.5) is 4.39 Å². The van der Waals surface area contributed by atoms with Crippen LogP contribution < -0.4 is 5.32 Å². The fourth-order valence-electron chi connectivity index (χ4n) is 2.05. The zero-order chi connectivity index (χ0) is 16.1. The van der Waals surface area contributed by atoms with E-state index < -0.39 is 0 Å². The lowest BCUT2D eigenvalue weighted by atomic mass is 10.1. The summed E-state index contributed by atoms with van der Waals surface area (Å²) in [5.41, 5.74) is 0.879. The molecule has 0 aliphatic rings. The first-order chi connectivity index (χ1) is 10.5. The van der Waals surface area contributed by atoms with Gasteiger partial charge in [-0.2, -0.15) is 0 Å². The minimum Gasteiger partial charge on any atom is -0.343 e. The normalized spacial score (nSPS) is 12.6. The molecule has 1 heterocycles. The number of hydrogen-bond donors (Lipinski definition) is 1. The van der Waals surface area contributed by atoms with Crippen molar-refractivity contribution in [2.45, 2.75) is 25.9 Å². The number of likely N-dealkylation sites (N-methyl/N-ethyl adjacent to an activating group) is 1. The largest absolute Gasteiger partial charge is 0.343 e. The van der Waals surface area contributed by atoms with Gasteiger partial charge in [-0.1, -0.05) is 18.2 Å². The number of rotatable bonds is 6. The van der Waals surface area contributed by atoms with Gasteiger partial charge >= 0.3 is 0 Å². The van der Waals surface area contributed by atoms with E-state index in [9.17, 15) is 9.18 Å². The molecular weight excluding hydrogens is 299 g/mol. The second kappa shape index (κ2) is 7.51. The zero-order valence-corrected chi connectivity index (χ0v) is 13.9. The van der Waals surface area contributed by atoms with E-state index in [0.29, 0.717) is 12.6 Å². The van der Waals surface area contributed by atoms with E-state index in [4.69, 9.17) is 0 Å². The Morgan fingerprint density at radius 2 is 1.95 bits per heavy atom. The van der Waals surface area contributed by atoms with Crippen molar-refractivity contribution >= 4 is 17.2 Å². The highest BCUT2D eigenvalue weighted by molar-refractivity contribution is 7.10. The molecular formula is C17H21FN2OS. The molecule has 0 spiro atoms. The van der Waals surface area contributed by atoms with Gasteiger partial charge in [0.2, 0.25) is 5.91 Å². The van der Waals surface area contributed by atoms with E-state index in [-0.39, 0.29) is 17.8 Å². The fraction of sp³-hybridized carbons (Fsp3) is 0.353. The molecule has 1 atom stereocenters. The number of halogens is 1. The Morgan fingerprint density at radius 1 is 1.27 bits per heavy atom. The summed E-state index contributed by atoms with van der Waals surface area (Å²) in [5, 5.41) is 5.02. The number of carbonyl (C=O) groups excluding carboxylic acids is 1. The molecule has 1 amide bonds. The van der Waals surface area contributed by atoms with Crippen LogP contribution in [0.2, 0.25) is 0 Å². The third-order valence-electron chi connectivity index (χ3n) is 3.61. The highest BCUT2D eigenvalue weighted by Crippen LogP contribution is 2.26. The van der Waals surface area contributed by atoms with Crippen LogP contribution in [0.5, 0.6) is 0 Å². The van der Waals surface area contributed by atoms with Crippen LogP contribution in [0.1, 0.15) is 30.3 Å². The quantitative estimate of drug-likeness (QED) is 0.884. The SMILES string of the molecule is CC(C)N(C)CC(=O)NC(c1ccc(F)cc1)c1cccs1. The third kappa shape index (κ3) is 4.39.